The van der Waals surface area contributed by atoms with Crippen LogP contribution in [0.4, 0.5) is 10.1 Å². The maximum Gasteiger partial charge on any atom is 0.174 e. The number of hydrogen-bond donors (Lipinski definition) is 1. The molecule has 0 radical (unpaired) electrons. The third-order valence-electron chi connectivity index (χ3n) is 4.37. The summed E-state index contributed by atoms with van der Waals surface area (Å²) < 4.78 is 13.4. The van der Waals surface area contributed by atoms with E-state index in [0.717, 1.165) is 11.4 Å². The normalized spacial score (nSPS) is 19.9. The zero-order valence-corrected chi connectivity index (χ0v) is 15.2. The molecule has 1 aliphatic heterocycles. The monoisotopic (exact) mass is 369 g/mol. The Morgan fingerprint density at radius 2 is 1.96 bits per heavy atom. The Kier molecular flexibility index (Phi) is 4.23. The van der Waals surface area contributed by atoms with Crippen LogP contribution in [-0.2, 0) is 0 Å². The van der Waals surface area contributed by atoms with Crippen LogP contribution >= 0.6 is 23.6 Å². The van der Waals surface area contributed by atoms with Gasteiger partial charge in [0.25, 0.3) is 0 Å². The van der Waals surface area contributed by atoms with E-state index < -0.39 is 0 Å². The number of nitrogens with one attached hydrogen (secondary N) is 1. The Bertz CT molecular complexity index is 893. The molecule has 1 aliphatic rings. The van der Waals surface area contributed by atoms with E-state index >= 15 is 0 Å². The Morgan fingerprint density at radius 3 is 2.60 bits per heavy atom. The van der Waals surface area contributed by atoms with Crippen molar-refractivity contribution in [2.75, 3.05) is 4.90 Å². The highest BCUT2D eigenvalue weighted by atomic mass is 32.1. The quantitative estimate of drug-likeness (QED) is 0.673. The van der Waals surface area contributed by atoms with Gasteiger partial charge in [0, 0.05) is 16.8 Å². The predicted molar refractivity (Wildman–Crippen MR) is 103 cm³/mol. The molecule has 0 aliphatic carbocycles. The Morgan fingerprint density at radius 1 is 1.16 bits per heavy atom. The first-order valence-corrected chi connectivity index (χ1v) is 9.24. The molecule has 0 amide bonds. The molecule has 1 aromatic carbocycles. The molecular formula is C19H16FN3S2. The first kappa shape index (κ1) is 16.2. The zero-order chi connectivity index (χ0) is 17.4. The van der Waals surface area contributed by atoms with Crippen molar-refractivity contribution in [3.8, 4) is 0 Å². The fraction of sp³-hybridized carbons (Fsp3) is 0.158. The minimum absolute atomic E-state index is 0.0205. The van der Waals surface area contributed by atoms with Gasteiger partial charge in [0.2, 0.25) is 0 Å². The summed E-state index contributed by atoms with van der Waals surface area (Å²) >= 11 is 7.33. The van der Waals surface area contributed by atoms with Gasteiger partial charge < -0.3 is 10.2 Å². The number of aromatic nitrogens is 1. The highest BCUT2D eigenvalue weighted by Crippen LogP contribution is 2.44. The highest BCUT2D eigenvalue weighted by molar-refractivity contribution is 7.80. The van der Waals surface area contributed by atoms with Crippen molar-refractivity contribution in [3.63, 3.8) is 0 Å². The van der Waals surface area contributed by atoms with Gasteiger partial charge in [-0.1, -0.05) is 6.07 Å². The van der Waals surface area contributed by atoms with Crippen molar-refractivity contribution in [2.24, 2.45) is 0 Å². The van der Waals surface area contributed by atoms with E-state index in [9.17, 15) is 4.39 Å². The van der Waals surface area contributed by atoms with E-state index in [1.807, 2.05) is 18.2 Å². The molecule has 0 bridgehead atoms. The number of anilines is 1. The van der Waals surface area contributed by atoms with Gasteiger partial charge in [-0.15, -0.1) is 11.3 Å². The molecule has 2 unspecified atom stereocenters. The topological polar surface area (TPSA) is 28.2 Å². The van der Waals surface area contributed by atoms with E-state index in [1.54, 1.807) is 29.7 Å². The van der Waals surface area contributed by atoms with Crippen molar-refractivity contribution in [1.82, 2.24) is 10.3 Å². The van der Waals surface area contributed by atoms with E-state index in [2.05, 4.69) is 33.6 Å². The summed E-state index contributed by atoms with van der Waals surface area (Å²) in [6.07, 6.45) is 1.79. The molecule has 2 aromatic heterocycles. The lowest BCUT2D eigenvalue weighted by molar-refractivity contribution is 0.573. The van der Waals surface area contributed by atoms with Crippen molar-refractivity contribution < 1.29 is 4.39 Å². The summed E-state index contributed by atoms with van der Waals surface area (Å²) in [7, 11) is 0. The Labute approximate surface area is 155 Å². The summed E-state index contributed by atoms with van der Waals surface area (Å²) in [5.74, 6) is -0.257. The number of aryl methyl sites for hydroxylation is 1. The second-order valence-corrected chi connectivity index (χ2v) is 7.28. The molecule has 3 nitrogen and oxygen atoms in total. The van der Waals surface area contributed by atoms with Crippen LogP contribution in [0.3, 0.4) is 0 Å². The summed E-state index contributed by atoms with van der Waals surface area (Å²) in [5.41, 5.74) is 3.02. The van der Waals surface area contributed by atoms with Gasteiger partial charge in [-0.05, 0) is 72.5 Å². The van der Waals surface area contributed by atoms with Gasteiger partial charge in [0.05, 0.1) is 17.8 Å². The van der Waals surface area contributed by atoms with Crippen LogP contribution in [0.2, 0.25) is 0 Å². The molecule has 0 saturated carbocycles. The zero-order valence-electron chi connectivity index (χ0n) is 13.5. The SMILES string of the molecule is Cc1ccsc1C1C(c2ccccn2)NC(=S)N1c1ccc(F)cc1. The average Bonchev–Trinajstić information content (AvgIpc) is 3.19. The van der Waals surface area contributed by atoms with Crippen LogP contribution in [0, 0.1) is 12.7 Å². The first-order chi connectivity index (χ1) is 12.1. The van der Waals surface area contributed by atoms with Crippen LogP contribution in [0.25, 0.3) is 0 Å². The molecule has 1 saturated heterocycles. The number of halogens is 1. The number of nitrogens with zero attached hydrogens (tertiary/aromatic N) is 2. The van der Waals surface area contributed by atoms with E-state index in [-0.39, 0.29) is 17.9 Å². The lowest BCUT2D eigenvalue weighted by Crippen LogP contribution is -2.29. The second-order valence-electron chi connectivity index (χ2n) is 5.94. The minimum atomic E-state index is -0.257. The first-order valence-electron chi connectivity index (χ1n) is 7.95. The highest BCUT2D eigenvalue weighted by Gasteiger charge is 2.41. The predicted octanol–water partition coefficient (Wildman–Crippen LogP) is 4.77. The molecular weight excluding hydrogens is 353 g/mol. The van der Waals surface area contributed by atoms with Gasteiger partial charge in [-0.25, -0.2) is 4.39 Å². The second kappa shape index (κ2) is 6.54. The van der Waals surface area contributed by atoms with Gasteiger partial charge in [-0.2, -0.15) is 0 Å². The molecule has 126 valence electrons. The number of rotatable bonds is 3. The summed E-state index contributed by atoms with van der Waals surface area (Å²) in [5, 5.41) is 6.12. The van der Waals surface area contributed by atoms with Crippen molar-refractivity contribution >= 4 is 34.4 Å². The largest absolute Gasteiger partial charge is 0.351 e. The van der Waals surface area contributed by atoms with Crippen LogP contribution in [0.5, 0.6) is 0 Å². The maximum atomic E-state index is 13.4. The smallest absolute Gasteiger partial charge is 0.174 e. The third kappa shape index (κ3) is 2.92. The van der Waals surface area contributed by atoms with Crippen LogP contribution in [-0.4, -0.2) is 10.1 Å². The van der Waals surface area contributed by atoms with E-state index in [0.29, 0.717) is 5.11 Å². The number of hydrogen-bond acceptors (Lipinski definition) is 3. The summed E-state index contributed by atoms with van der Waals surface area (Å²) in [6, 6.07) is 14.4. The standard InChI is InChI=1S/C19H16FN3S2/c1-12-9-11-25-18(12)17-16(15-4-2-3-10-21-15)22-19(24)23(17)14-7-5-13(20)6-8-14/h2-11,16-17H,1H3,(H,22,24). The molecule has 4 rings (SSSR count). The van der Waals surface area contributed by atoms with Gasteiger partial charge in [-0.3, -0.25) is 4.98 Å². The fourth-order valence-corrected chi connectivity index (χ4v) is 4.59. The Hall–Kier alpha value is -2.31. The summed E-state index contributed by atoms with van der Waals surface area (Å²) in [4.78, 5) is 7.81. The van der Waals surface area contributed by atoms with Gasteiger partial charge >= 0.3 is 0 Å². The Balaban J connectivity index is 1.83. The molecule has 3 heterocycles. The molecule has 1 fully saturated rings. The van der Waals surface area contributed by atoms with Gasteiger partial charge in [0.15, 0.2) is 5.11 Å². The number of thiophene rings is 1. The lowest BCUT2D eigenvalue weighted by atomic mass is 10.0. The maximum absolute atomic E-state index is 13.4. The lowest BCUT2D eigenvalue weighted by Gasteiger charge is -2.27. The fourth-order valence-electron chi connectivity index (χ4n) is 3.19. The van der Waals surface area contributed by atoms with Crippen LogP contribution < -0.4 is 10.2 Å². The van der Waals surface area contributed by atoms with Crippen LogP contribution in [0.15, 0.2) is 60.1 Å². The molecule has 6 heteroatoms. The minimum Gasteiger partial charge on any atom is -0.351 e. The molecule has 0 spiro atoms. The molecule has 3 aromatic rings. The van der Waals surface area contributed by atoms with E-state index in [4.69, 9.17) is 12.2 Å². The molecule has 2 atom stereocenters. The van der Waals surface area contributed by atoms with E-state index in [1.165, 1.54) is 22.6 Å². The van der Waals surface area contributed by atoms with Crippen molar-refractivity contribution in [3.05, 3.63) is 82.1 Å². The van der Waals surface area contributed by atoms with Crippen molar-refractivity contribution in [2.45, 2.75) is 19.0 Å². The number of benzene rings is 1. The van der Waals surface area contributed by atoms with Crippen LogP contribution in [0.1, 0.15) is 28.2 Å². The average molecular weight is 369 g/mol. The van der Waals surface area contributed by atoms with Crippen molar-refractivity contribution in [1.29, 1.82) is 0 Å². The number of pyridine rings is 1. The third-order valence-corrected chi connectivity index (χ3v) is 5.78. The molecule has 1 N–H and O–H groups in total. The summed E-state index contributed by atoms with van der Waals surface area (Å²) in [6.45, 7) is 2.10. The van der Waals surface area contributed by atoms with Gasteiger partial charge in [0.1, 0.15) is 5.82 Å². The molecule has 25 heavy (non-hydrogen) atoms. The number of thiocarbonyl (C=S) groups is 1.